The van der Waals surface area contributed by atoms with Crippen LogP contribution in [0.25, 0.3) is 0 Å². The minimum atomic E-state index is -3.79. The Labute approximate surface area is 150 Å². The lowest BCUT2D eigenvalue weighted by Gasteiger charge is -2.15. The zero-order valence-electron chi connectivity index (χ0n) is 14.0. The van der Waals surface area contributed by atoms with Crippen LogP contribution in [0.5, 0.6) is 0 Å². The number of aliphatic carboxylic acids is 1. The summed E-state index contributed by atoms with van der Waals surface area (Å²) in [6, 6.07) is 11.6. The van der Waals surface area contributed by atoms with Crippen molar-refractivity contribution in [3.63, 3.8) is 0 Å². The molecule has 0 bridgehead atoms. The van der Waals surface area contributed by atoms with E-state index < -0.39 is 27.8 Å². The second-order valence-corrected chi connectivity index (χ2v) is 7.82. The number of nitrogens with zero attached hydrogens (tertiary/aromatic N) is 1. The minimum Gasteiger partial charge on any atom is -0.481 e. The lowest BCUT2D eigenvalue weighted by atomic mass is 9.89. The van der Waals surface area contributed by atoms with E-state index >= 15 is 0 Å². The van der Waals surface area contributed by atoms with Gasteiger partial charge >= 0.3 is 5.97 Å². The van der Waals surface area contributed by atoms with Gasteiger partial charge in [-0.2, -0.15) is 0 Å². The molecule has 2 heterocycles. The molecule has 2 unspecified atom stereocenters. The molecule has 9 heteroatoms. The highest BCUT2D eigenvalue weighted by Crippen LogP contribution is 2.33. The number of amides is 1. The van der Waals surface area contributed by atoms with Crippen molar-refractivity contribution >= 4 is 21.9 Å². The van der Waals surface area contributed by atoms with Gasteiger partial charge in [0.15, 0.2) is 5.76 Å². The molecule has 1 fully saturated rings. The van der Waals surface area contributed by atoms with E-state index in [1.165, 1.54) is 24.1 Å². The van der Waals surface area contributed by atoms with Crippen LogP contribution in [0.4, 0.5) is 0 Å². The number of carbonyl (C=O) groups is 2. The average Bonchev–Trinajstić information content (AvgIpc) is 3.30. The van der Waals surface area contributed by atoms with Crippen molar-refractivity contribution < 1.29 is 27.5 Å². The molecule has 1 aliphatic rings. The van der Waals surface area contributed by atoms with E-state index in [9.17, 15) is 23.1 Å². The standard InChI is InChI=1S/C17H18N2O6S/c1-18-26(23,24)15-8-7-14(25-15)16(20)19-9-12(13(10-19)17(21)22)11-5-3-2-4-6-11/h2-8,12-13,18H,9-10H2,1H3,(H,21,22). The molecule has 138 valence electrons. The Morgan fingerprint density at radius 1 is 1.15 bits per heavy atom. The van der Waals surface area contributed by atoms with Crippen molar-refractivity contribution in [2.24, 2.45) is 5.92 Å². The molecule has 2 atom stereocenters. The van der Waals surface area contributed by atoms with E-state index in [0.717, 1.165) is 5.56 Å². The Morgan fingerprint density at radius 2 is 1.85 bits per heavy atom. The Kier molecular flexibility index (Phi) is 4.84. The first-order chi connectivity index (χ1) is 12.3. The smallest absolute Gasteiger partial charge is 0.308 e. The Balaban J connectivity index is 1.84. The van der Waals surface area contributed by atoms with Gasteiger partial charge in [0.05, 0.1) is 5.92 Å². The molecule has 1 aromatic heterocycles. The number of nitrogens with one attached hydrogen (secondary N) is 1. The molecule has 1 aliphatic heterocycles. The van der Waals surface area contributed by atoms with E-state index in [2.05, 4.69) is 4.72 Å². The lowest BCUT2D eigenvalue weighted by Crippen LogP contribution is -2.29. The molecule has 1 saturated heterocycles. The predicted octanol–water partition coefficient (Wildman–Crippen LogP) is 1.13. The van der Waals surface area contributed by atoms with Crippen molar-refractivity contribution in [3.05, 3.63) is 53.8 Å². The summed E-state index contributed by atoms with van der Waals surface area (Å²) < 4.78 is 30.7. The van der Waals surface area contributed by atoms with Gasteiger partial charge in [-0.15, -0.1) is 0 Å². The van der Waals surface area contributed by atoms with Gasteiger partial charge in [-0.3, -0.25) is 9.59 Å². The molecule has 0 spiro atoms. The third-order valence-electron chi connectivity index (χ3n) is 4.48. The molecule has 8 nitrogen and oxygen atoms in total. The maximum atomic E-state index is 12.6. The van der Waals surface area contributed by atoms with Crippen LogP contribution in [-0.4, -0.2) is 50.4 Å². The van der Waals surface area contributed by atoms with E-state index in [-0.39, 0.29) is 29.9 Å². The molecule has 1 aromatic carbocycles. The zero-order valence-corrected chi connectivity index (χ0v) is 14.8. The van der Waals surface area contributed by atoms with Crippen LogP contribution in [0.1, 0.15) is 22.0 Å². The van der Waals surface area contributed by atoms with Crippen LogP contribution in [0.15, 0.2) is 52.0 Å². The van der Waals surface area contributed by atoms with Gasteiger partial charge in [0.2, 0.25) is 5.09 Å². The van der Waals surface area contributed by atoms with Crippen molar-refractivity contribution in [2.75, 3.05) is 20.1 Å². The molecular formula is C17H18N2O6S. The monoisotopic (exact) mass is 378 g/mol. The Morgan fingerprint density at radius 3 is 2.46 bits per heavy atom. The van der Waals surface area contributed by atoms with Gasteiger partial charge in [-0.25, -0.2) is 13.1 Å². The number of hydrogen-bond donors (Lipinski definition) is 2. The van der Waals surface area contributed by atoms with Crippen molar-refractivity contribution in [2.45, 2.75) is 11.0 Å². The lowest BCUT2D eigenvalue weighted by molar-refractivity contribution is -0.141. The Bertz CT molecular complexity index is 922. The molecule has 2 aromatic rings. The summed E-state index contributed by atoms with van der Waals surface area (Å²) >= 11 is 0. The van der Waals surface area contributed by atoms with Gasteiger partial charge < -0.3 is 14.4 Å². The quantitative estimate of drug-likeness (QED) is 0.805. The number of rotatable bonds is 5. The van der Waals surface area contributed by atoms with Crippen molar-refractivity contribution in [1.82, 2.24) is 9.62 Å². The fraction of sp³-hybridized carbons (Fsp3) is 0.294. The molecule has 0 aliphatic carbocycles. The minimum absolute atomic E-state index is 0.0303. The van der Waals surface area contributed by atoms with Crippen molar-refractivity contribution in [3.8, 4) is 0 Å². The van der Waals surface area contributed by atoms with Crippen LogP contribution in [-0.2, 0) is 14.8 Å². The van der Waals surface area contributed by atoms with Crippen LogP contribution >= 0.6 is 0 Å². The van der Waals surface area contributed by atoms with Gasteiger partial charge in [0, 0.05) is 19.0 Å². The number of hydrogen-bond acceptors (Lipinski definition) is 5. The normalized spacial score (nSPS) is 20.3. The zero-order chi connectivity index (χ0) is 18.9. The first-order valence-corrected chi connectivity index (χ1v) is 9.42. The van der Waals surface area contributed by atoms with Gasteiger partial charge in [-0.05, 0) is 24.7 Å². The third kappa shape index (κ3) is 3.35. The van der Waals surface area contributed by atoms with Crippen LogP contribution < -0.4 is 4.72 Å². The number of likely N-dealkylation sites (tertiary alicyclic amines) is 1. The molecule has 2 N–H and O–H groups in total. The van der Waals surface area contributed by atoms with Gasteiger partial charge in [-0.1, -0.05) is 30.3 Å². The summed E-state index contributed by atoms with van der Waals surface area (Å²) in [5.41, 5.74) is 0.841. The van der Waals surface area contributed by atoms with E-state index in [1.54, 1.807) is 0 Å². The summed E-state index contributed by atoms with van der Waals surface area (Å²) in [5.74, 6) is -2.74. The molecule has 0 saturated carbocycles. The summed E-state index contributed by atoms with van der Waals surface area (Å²) in [4.78, 5) is 25.6. The second kappa shape index (κ2) is 6.93. The number of sulfonamides is 1. The highest BCUT2D eigenvalue weighted by atomic mass is 32.2. The number of carboxylic acids is 1. The molecule has 0 radical (unpaired) electrons. The highest BCUT2D eigenvalue weighted by Gasteiger charge is 2.41. The molecule has 3 rings (SSSR count). The largest absolute Gasteiger partial charge is 0.481 e. The number of furan rings is 1. The van der Waals surface area contributed by atoms with Gasteiger partial charge in [0.1, 0.15) is 0 Å². The molecule has 1 amide bonds. The summed E-state index contributed by atoms with van der Waals surface area (Å²) in [6.45, 7) is 0.247. The SMILES string of the molecule is CNS(=O)(=O)c1ccc(C(=O)N2CC(C(=O)O)C(c3ccccc3)C2)o1. The van der Waals surface area contributed by atoms with Crippen LogP contribution in [0.2, 0.25) is 0 Å². The maximum Gasteiger partial charge on any atom is 0.308 e. The Hall–Kier alpha value is -2.65. The summed E-state index contributed by atoms with van der Waals surface area (Å²) in [7, 11) is -2.56. The van der Waals surface area contributed by atoms with Gasteiger partial charge in [0.25, 0.3) is 15.9 Å². The van der Waals surface area contributed by atoms with E-state index in [0.29, 0.717) is 0 Å². The topological polar surface area (TPSA) is 117 Å². The summed E-state index contributed by atoms with van der Waals surface area (Å²) in [5, 5.41) is 9.14. The van der Waals surface area contributed by atoms with Crippen molar-refractivity contribution in [1.29, 1.82) is 0 Å². The predicted molar refractivity (Wildman–Crippen MR) is 91.2 cm³/mol. The van der Waals surface area contributed by atoms with Crippen LogP contribution in [0.3, 0.4) is 0 Å². The fourth-order valence-corrected chi connectivity index (χ4v) is 3.74. The fourth-order valence-electron chi connectivity index (χ4n) is 3.09. The van der Waals surface area contributed by atoms with E-state index in [1.807, 2.05) is 30.3 Å². The third-order valence-corrected chi connectivity index (χ3v) is 5.76. The molecule has 26 heavy (non-hydrogen) atoms. The number of carboxylic acid groups (broad SMARTS) is 1. The average molecular weight is 378 g/mol. The second-order valence-electron chi connectivity index (χ2n) is 6.00. The number of carbonyl (C=O) groups excluding carboxylic acids is 1. The summed E-state index contributed by atoms with van der Waals surface area (Å²) in [6.07, 6.45) is 0. The first-order valence-electron chi connectivity index (χ1n) is 7.94. The number of benzene rings is 1. The molecular weight excluding hydrogens is 360 g/mol. The maximum absolute atomic E-state index is 12.6. The highest BCUT2D eigenvalue weighted by molar-refractivity contribution is 7.89. The van der Waals surface area contributed by atoms with Crippen LogP contribution in [0, 0.1) is 5.92 Å². The van der Waals surface area contributed by atoms with E-state index in [4.69, 9.17) is 4.42 Å². The first kappa shape index (κ1) is 18.2.